The van der Waals surface area contributed by atoms with E-state index in [9.17, 15) is 13.2 Å². The molecule has 148 valence electrons. The predicted molar refractivity (Wildman–Crippen MR) is 99.2 cm³/mol. The number of rotatable bonds is 1. The van der Waals surface area contributed by atoms with E-state index in [1.54, 1.807) is 12.1 Å². The van der Waals surface area contributed by atoms with Crippen LogP contribution in [-0.2, 0) is 5.41 Å². The van der Waals surface area contributed by atoms with Gasteiger partial charge in [0.05, 0.1) is 23.2 Å². The van der Waals surface area contributed by atoms with E-state index in [2.05, 4.69) is 22.1 Å². The van der Waals surface area contributed by atoms with E-state index in [1.807, 2.05) is 0 Å². The fourth-order valence-corrected chi connectivity index (χ4v) is 2.55. The van der Waals surface area contributed by atoms with Gasteiger partial charge in [-0.2, -0.15) is 28.7 Å². The molecule has 0 aliphatic heterocycles. The van der Waals surface area contributed by atoms with Crippen molar-refractivity contribution in [3.05, 3.63) is 59.9 Å². The summed E-state index contributed by atoms with van der Waals surface area (Å²) in [5, 5.41) is 17.1. The lowest BCUT2D eigenvalue weighted by Gasteiger charge is -2.34. The van der Waals surface area contributed by atoms with Gasteiger partial charge in [0.25, 0.3) is 0 Å². The predicted octanol–water partition coefficient (Wildman–Crippen LogP) is 5.47. The number of aromatic nitrogens is 2. The standard InChI is InChI=1S/C10H9FN2.C5H3F2N.C5H7N.CH4/c11-9-4-1-3-8(13-9)10(7-12)5-2-6-10;6-4-2-1-3-5(7)8-4;6-4-5-2-1-3-5;/h1,3-4H,2,5-6H2;1-3H;5H,1-3H2;1H4. The molecule has 2 saturated carbocycles. The summed E-state index contributed by atoms with van der Waals surface area (Å²) in [6.45, 7) is 0. The lowest BCUT2D eigenvalue weighted by molar-refractivity contribution is 0.312. The quantitative estimate of drug-likeness (QED) is 0.607. The maximum atomic E-state index is 12.8. The van der Waals surface area contributed by atoms with Gasteiger partial charge in [-0.1, -0.05) is 26.0 Å². The van der Waals surface area contributed by atoms with Gasteiger partial charge >= 0.3 is 0 Å². The van der Waals surface area contributed by atoms with Gasteiger partial charge in [0.1, 0.15) is 0 Å². The van der Waals surface area contributed by atoms with E-state index in [4.69, 9.17) is 10.5 Å². The summed E-state index contributed by atoms with van der Waals surface area (Å²) >= 11 is 0. The maximum absolute atomic E-state index is 12.8. The van der Waals surface area contributed by atoms with Crippen LogP contribution in [0.3, 0.4) is 0 Å². The van der Waals surface area contributed by atoms with Gasteiger partial charge in [-0.05, 0) is 56.4 Å². The van der Waals surface area contributed by atoms with E-state index in [0.717, 1.165) is 44.2 Å². The number of hydrogen-bond donors (Lipinski definition) is 0. The average molecular weight is 388 g/mol. The summed E-state index contributed by atoms with van der Waals surface area (Å²) in [5.74, 6) is -1.65. The van der Waals surface area contributed by atoms with Crippen molar-refractivity contribution in [2.75, 3.05) is 0 Å². The summed E-state index contributed by atoms with van der Waals surface area (Å²) in [6.07, 6.45) is 6.22. The number of nitriles is 2. The average Bonchev–Trinajstić information content (AvgIpc) is 2.54. The van der Waals surface area contributed by atoms with Crippen molar-refractivity contribution in [2.24, 2.45) is 5.92 Å². The third-order valence-electron chi connectivity index (χ3n) is 4.60. The first-order valence-electron chi connectivity index (χ1n) is 8.71. The molecule has 0 atom stereocenters. The molecule has 4 nitrogen and oxygen atoms in total. The third-order valence-corrected chi connectivity index (χ3v) is 4.60. The molecule has 4 rings (SSSR count). The Labute approximate surface area is 163 Å². The van der Waals surface area contributed by atoms with Crippen molar-refractivity contribution >= 4 is 0 Å². The molecular weight excluding hydrogens is 365 g/mol. The SMILES string of the molecule is C.Fc1cccc(F)n1.N#CC1(c2cccc(F)n2)CCC1.N#CC1CCC1. The zero-order valence-corrected chi connectivity index (χ0v) is 14.7. The fourth-order valence-electron chi connectivity index (χ4n) is 2.55. The van der Waals surface area contributed by atoms with Crippen LogP contribution in [0.1, 0.15) is 51.6 Å². The summed E-state index contributed by atoms with van der Waals surface area (Å²) < 4.78 is 36.4. The van der Waals surface area contributed by atoms with Gasteiger partial charge in [-0.15, -0.1) is 0 Å². The van der Waals surface area contributed by atoms with Gasteiger partial charge in [-0.25, -0.2) is 4.98 Å². The molecule has 0 saturated heterocycles. The molecule has 0 amide bonds. The Bertz CT molecular complexity index is 817. The molecule has 0 bridgehead atoms. The second kappa shape index (κ2) is 11.0. The second-order valence-corrected chi connectivity index (χ2v) is 6.43. The minimum Gasteiger partial charge on any atom is -0.223 e. The summed E-state index contributed by atoms with van der Waals surface area (Å²) in [4.78, 5) is 6.59. The molecule has 2 aliphatic carbocycles. The molecule has 0 unspecified atom stereocenters. The van der Waals surface area contributed by atoms with E-state index in [0.29, 0.717) is 11.6 Å². The van der Waals surface area contributed by atoms with Crippen molar-refractivity contribution < 1.29 is 13.2 Å². The van der Waals surface area contributed by atoms with Gasteiger partial charge in [0, 0.05) is 5.92 Å². The van der Waals surface area contributed by atoms with Gasteiger partial charge < -0.3 is 0 Å². The Balaban J connectivity index is 0.000000225. The van der Waals surface area contributed by atoms with Crippen LogP contribution in [0, 0.1) is 46.4 Å². The summed E-state index contributed by atoms with van der Waals surface area (Å²) in [6, 6.07) is 12.5. The van der Waals surface area contributed by atoms with Crippen molar-refractivity contribution in [1.29, 1.82) is 10.5 Å². The second-order valence-electron chi connectivity index (χ2n) is 6.43. The van der Waals surface area contributed by atoms with Crippen LogP contribution in [-0.4, -0.2) is 9.97 Å². The number of nitrogens with zero attached hydrogens (tertiary/aromatic N) is 4. The molecule has 0 N–H and O–H groups in total. The molecule has 28 heavy (non-hydrogen) atoms. The highest BCUT2D eigenvalue weighted by molar-refractivity contribution is 5.29. The Morgan fingerprint density at radius 2 is 1.39 bits per heavy atom. The van der Waals surface area contributed by atoms with Crippen LogP contribution in [0.4, 0.5) is 13.2 Å². The molecule has 2 heterocycles. The molecule has 2 aromatic heterocycles. The van der Waals surface area contributed by atoms with E-state index in [-0.39, 0.29) is 7.43 Å². The molecule has 0 aromatic carbocycles. The highest BCUT2D eigenvalue weighted by Gasteiger charge is 2.40. The highest BCUT2D eigenvalue weighted by atomic mass is 19.1. The topological polar surface area (TPSA) is 73.4 Å². The fraction of sp³-hybridized carbons (Fsp3) is 0.429. The van der Waals surface area contributed by atoms with Crippen LogP contribution < -0.4 is 0 Å². The number of pyridine rings is 2. The summed E-state index contributed by atoms with van der Waals surface area (Å²) in [7, 11) is 0. The molecule has 2 aliphatic rings. The van der Waals surface area contributed by atoms with Gasteiger partial charge in [0.2, 0.25) is 17.8 Å². The minimum absolute atomic E-state index is 0. The van der Waals surface area contributed by atoms with E-state index in [1.165, 1.54) is 18.6 Å². The molecular formula is C21H23F3N4. The zero-order valence-electron chi connectivity index (χ0n) is 14.7. The number of hydrogen-bond acceptors (Lipinski definition) is 4. The Morgan fingerprint density at radius 1 is 0.857 bits per heavy atom. The first-order chi connectivity index (χ1) is 13.0. The Kier molecular flexibility index (Phi) is 9.11. The monoisotopic (exact) mass is 388 g/mol. The number of halogens is 3. The van der Waals surface area contributed by atoms with Crippen LogP contribution in [0.2, 0.25) is 0 Å². The van der Waals surface area contributed by atoms with Gasteiger partial charge in [-0.3, -0.25) is 0 Å². The molecule has 7 heteroatoms. The minimum atomic E-state index is -0.787. The largest absolute Gasteiger partial charge is 0.223 e. The normalized spacial score (nSPS) is 16.0. The van der Waals surface area contributed by atoms with E-state index >= 15 is 0 Å². The lowest BCUT2D eigenvalue weighted by Crippen LogP contribution is -2.33. The summed E-state index contributed by atoms with van der Waals surface area (Å²) in [5.41, 5.74) is 0.0866. The molecule has 0 radical (unpaired) electrons. The maximum Gasteiger partial charge on any atom is 0.215 e. The third kappa shape index (κ3) is 6.35. The van der Waals surface area contributed by atoms with E-state index < -0.39 is 23.3 Å². The van der Waals surface area contributed by atoms with Crippen molar-refractivity contribution in [2.45, 2.75) is 51.4 Å². The van der Waals surface area contributed by atoms with Crippen molar-refractivity contribution in [3.8, 4) is 12.1 Å². The highest BCUT2D eigenvalue weighted by Crippen LogP contribution is 2.42. The molecule has 0 spiro atoms. The Morgan fingerprint density at radius 3 is 1.64 bits per heavy atom. The molecule has 2 aromatic rings. The van der Waals surface area contributed by atoms with Crippen molar-refractivity contribution in [3.63, 3.8) is 0 Å². The smallest absolute Gasteiger partial charge is 0.215 e. The van der Waals surface area contributed by atoms with Crippen molar-refractivity contribution in [1.82, 2.24) is 9.97 Å². The zero-order chi connectivity index (χ0) is 19.7. The first-order valence-corrected chi connectivity index (χ1v) is 8.71. The molecule has 2 fully saturated rings. The lowest BCUT2D eigenvalue weighted by atomic mass is 9.67. The van der Waals surface area contributed by atoms with Crippen LogP contribution >= 0.6 is 0 Å². The van der Waals surface area contributed by atoms with Crippen LogP contribution in [0.15, 0.2) is 36.4 Å². The van der Waals surface area contributed by atoms with Gasteiger partial charge in [0.15, 0.2) is 0 Å². The first kappa shape index (κ1) is 23.1. The van der Waals surface area contributed by atoms with Crippen LogP contribution in [0.5, 0.6) is 0 Å². The van der Waals surface area contributed by atoms with Crippen LogP contribution in [0.25, 0.3) is 0 Å². The Hall–Kier alpha value is -2.93.